The lowest BCUT2D eigenvalue weighted by molar-refractivity contribution is 0.590. The summed E-state index contributed by atoms with van der Waals surface area (Å²) in [7, 11) is -7.38. The summed E-state index contributed by atoms with van der Waals surface area (Å²) in [4.78, 5) is 4.68. The zero-order valence-corrected chi connectivity index (χ0v) is 73.8. The van der Waals surface area contributed by atoms with Crippen LogP contribution in [0.25, 0.3) is 105 Å². The fourth-order valence-corrected chi connectivity index (χ4v) is 30.4. The van der Waals surface area contributed by atoms with Gasteiger partial charge in [0.2, 0.25) is 0 Å². The Morgan fingerprint density at radius 1 is 0.231 bits per heavy atom. The van der Waals surface area contributed by atoms with Crippen LogP contribution in [-0.2, 0) is 5.41 Å². The first-order valence-electron chi connectivity index (χ1n) is 50.8. The molecule has 20 aromatic carbocycles. The summed E-state index contributed by atoms with van der Waals surface area (Å²) in [6.07, 6.45) is 0. The highest BCUT2D eigenvalue weighted by Crippen LogP contribution is 2.51. The highest BCUT2D eigenvalue weighted by Gasteiger charge is 2.49. The summed E-state index contributed by atoms with van der Waals surface area (Å²) in [5.41, 5.74) is 19.4. The molecule has 21 aromatic rings. The number of aromatic nitrogens is 1. The molecule has 0 aliphatic carbocycles. The fourth-order valence-electron chi connectivity index (χ4n) is 20.5. The predicted octanol–water partition coefficient (Wildman–Crippen LogP) is 24.6. The van der Waals surface area contributed by atoms with E-state index in [0.717, 1.165) is 111 Å². The van der Waals surface area contributed by atoms with Gasteiger partial charge in [0.05, 0.1) is 34.5 Å². The molecule has 0 bridgehead atoms. The van der Waals surface area contributed by atoms with Crippen LogP contribution in [0.15, 0.2) is 503 Å². The highest BCUT2D eigenvalue weighted by atomic mass is 28.3. The minimum absolute atomic E-state index is 0.0188. The van der Waals surface area contributed by atoms with Crippen molar-refractivity contribution in [3.8, 4) is 83.6 Å². The van der Waals surface area contributed by atoms with E-state index in [-0.39, 0.29) is 27.4 Å². The molecule has 0 amide bonds. The number of fused-ring (bicyclic) bond motifs is 7. The Morgan fingerprint density at radius 3 is 1.07 bits per heavy atom. The third-order valence-corrected chi connectivity index (χ3v) is 35.9. The Balaban J connectivity index is 0.885. The third-order valence-electron chi connectivity index (χ3n) is 26.5. The van der Waals surface area contributed by atoms with Crippen molar-refractivity contribution in [3.05, 3.63) is 509 Å². The van der Waals surface area contributed by atoms with Crippen molar-refractivity contribution in [2.45, 2.75) is 26.2 Å². The molecule has 0 radical (unpaired) electrons. The second-order valence-corrected chi connectivity index (χ2v) is 42.5. The van der Waals surface area contributed by atoms with E-state index in [1.807, 2.05) is 60.7 Å². The second kappa shape index (κ2) is 32.9. The van der Waals surface area contributed by atoms with E-state index in [2.05, 4.69) is 395 Å². The Morgan fingerprint density at radius 2 is 0.592 bits per heavy atom. The first kappa shape index (κ1) is 65.8. The number of para-hydroxylation sites is 2. The molecule has 23 rings (SSSR count). The molecule has 1 aromatic heterocycles. The van der Waals surface area contributed by atoms with Gasteiger partial charge in [0.15, 0.2) is 16.1 Å². The van der Waals surface area contributed by atoms with Gasteiger partial charge in [0.25, 0.3) is 6.71 Å². The topological polar surface area (TPSA) is 11.4 Å². The molecule has 2 aliphatic rings. The maximum absolute atomic E-state index is 9.98. The molecule has 2 aliphatic heterocycles. The van der Waals surface area contributed by atoms with Crippen molar-refractivity contribution in [2.24, 2.45) is 0 Å². The van der Waals surface area contributed by atoms with Crippen molar-refractivity contribution in [2.75, 3.05) is 9.80 Å². The molecule has 0 atom stereocenters. The second-order valence-electron chi connectivity index (χ2n) is 34.8. The van der Waals surface area contributed by atoms with Crippen molar-refractivity contribution in [1.29, 1.82) is 0 Å². The predicted molar refractivity (Wildman–Crippen MR) is 559 cm³/mol. The molecule has 0 fully saturated rings. The normalized spacial score (nSPS) is 13.8. The first-order valence-corrected chi connectivity index (χ1v) is 48.3. The van der Waals surface area contributed by atoms with E-state index in [4.69, 9.17) is 1.37 Å². The zero-order chi connectivity index (χ0) is 98.2. The summed E-state index contributed by atoms with van der Waals surface area (Å²) in [6.45, 7) is 5.95. The summed E-state index contributed by atoms with van der Waals surface area (Å²) in [6, 6.07) is 147. The average molecular weight is 1700 g/mol. The van der Waals surface area contributed by atoms with Gasteiger partial charge in [-0.1, -0.05) is 451 Å². The van der Waals surface area contributed by atoms with Crippen molar-refractivity contribution < 1.29 is 17.8 Å². The fraction of sp³-hybridized carbons (Fsp3) is 0.0323. The van der Waals surface area contributed by atoms with Crippen molar-refractivity contribution in [1.82, 2.24) is 4.57 Å². The molecule has 130 heavy (non-hydrogen) atoms. The van der Waals surface area contributed by atoms with E-state index in [1.54, 1.807) is 4.57 Å². The molecule has 0 saturated heterocycles. The monoisotopic (exact) mass is 1700 g/mol. The third kappa shape index (κ3) is 13.6. The highest BCUT2D eigenvalue weighted by molar-refractivity contribution is 7.22. The Kier molecular flexibility index (Phi) is 16.7. The molecule has 0 N–H and O–H groups in total. The van der Waals surface area contributed by atoms with Crippen LogP contribution in [0.4, 0.5) is 34.1 Å². The van der Waals surface area contributed by atoms with Gasteiger partial charge >= 0.3 is 0 Å². The standard InChI is InChI=1S/C124H92BN3Si2/c1-124(2,3)100-83-121-123-122(84-100)128(118-73-69-95(89-44-18-6-19-45-89)81-113(118)92-50-24-9-25-51-92)119-82-96(68-71-114(119)125(123)115-72-70-101(126-116-66-36-34-64-111(116)112-65-35-37-67-117(112)126)85-120(115)127(121)102-75-97(90-46-20-7-21-47-90)74-98(76-102)91-48-22-8-23-49-91)99-79-109(129(103-54-26-10-27-55-103,104-56-28-11-29-57-104)107-62-38-52-93(77-107)87-40-14-4-15-41-87)86-110(80-99)130(105-58-30-12-31-59-105,106-60-32-13-33-61-106)108-63-39-53-94(78-108)88-42-16-5-17-43-88/h4-86H,1-3H3/i7D,20D,21D,34D,35D,36D,37D,46D,47D,64D,65D,66D,67D. The van der Waals surface area contributed by atoms with Gasteiger partial charge in [0, 0.05) is 50.5 Å². The number of hydrogen-bond acceptors (Lipinski definition) is 2. The van der Waals surface area contributed by atoms with Crippen LogP contribution >= 0.6 is 0 Å². The maximum Gasteiger partial charge on any atom is 0.252 e. The summed E-state index contributed by atoms with van der Waals surface area (Å²) in [5, 5.41) is 9.34. The van der Waals surface area contributed by atoms with E-state index >= 15 is 0 Å². The maximum atomic E-state index is 9.98. The Hall–Kier alpha value is -15.7. The van der Waals surface area contributed by atoms with Gasteiger partial charge in [-0.2, -0.15) is 0 Å². The Bertz CT molecular complexity index is 8290. The van der Waals surface area contributed by atoms with Gasteiger partial charge in [-0.25, -0.2) is 0 Å². The molecule has 0 saturated carbocycles. The summed E-state index contributed by atoms with van der Waals surface area (Å²) >= 11 is 0. The van der Waals surface area contributed by atoms with Crippen LogP contribution in [0.2, 0.25) is 0 Å². The van der Waals surface area contributed by atoms with Gasteiger partial charge in [-0.15, -0.1) is 0 Å². The molecular weight excluding hydrogens is 1600 g/mol. The molecule has 0 spiro atoms. The lowest BCUT2D eigenvalue weighted by Crippen LogP contribution is -2.78. The SMILES string of the molecule is [2H]c1c([2H])c([2H])c(-c2cc(-c3ccccc3)cc(N3c4cc(-n5c6c([2H])c([2H])c([2H])c([2H])c6c6c([2H])c([2H])c([2H])c([2H])c65)ccc4B4c5ccc(-c6cc([Si](c7ccccc7)(c7ccccc7)c7cccc(-c8ccccc8)c7)cc([Si](c7ccccc7)(c7ccccc7)c7cccc(-c8ccccc8)c7)c6)cc5N(c5ccc(-c6ccccc6)cc5-c5ccccc5)c5cc(C(C)(C)C)cc3c54)c2)c([2H])c1[2H]. The molecule has 6 heteroatoms. The van der Waals surface area contributed by atoms with Gasteiger partial charge in [-0.05, 0) is 214 Å². The van der Waals surface area contributed by atoms with Gasteiger partial charge < -0.3 is 14.4 Å². The lowest BCUT2D eigenvalue weighted by atomic mass is 9.33. The molecular formula is C124H92BN3Si2. The molecule has 614 valence electrons. The van der Waals surface area contributed by atoms with Crippen LogP contribution in [-0.4, -0.2) is 27.4 Å². The minimum Gasteiger partial charge on any atom is -0.311 e. The Labute approximate surface area is 782 Å². The van der Waals surface area contributed by atoms with E-state index in [0.29, 0.717) is 33.9 Å². The molecule has 3 nitrogen and oxygen atoms in total. The number of hydrogen-bond donors (Lipinski definition) is 0. The first-order chi connectivity index (χ1) is 69.5. The zero-order valence-electron chi connectivity index (χ0n) is 84.8. The van der Waals surface area contributed by atoms with Crippen molar-refractivity contribution in [3.63, 3.8) is 0 Å². The van der Waals surface area contributed by atoms with Gasteiger partial charge in [0.1, 0.15) is 0 Å². The van der Waals surface area contributed by atoms with Gasteiger partial charge in [-0.3, -0.25) is 0 Å². The van der Waals surface area contributed by atoms with Crippen LogP contribution in [0.3, 0.4) is 0 Å². The van der Waals surface area contributed by atoms with Crippen LogP contribution in [0.5, 0.6) is 0 Å². The lowest BCUT2D eigenvalue weighted by Gasteiger charge is -2.45. The van der Waals surface area contributed by atoms with Crippen LogP contribution < -0.4 is 67.7 Å². The quantitative estimate of drug-likeness (QED) is 0.0627. The van der Waals surface area contributed by atoms with E-state index in [1.165, 1.54) is 31.1 Å². The number of rotatable bonds is 18. The summed E-state index contributed by atoms with van der Waals surface area (Å²) < 4.78 is 125. The average Bonchev–Trinajstić information content (AvgIpc) is 1.67. The largest absolute Gasteiger partial charge is 0.311 e. The van der Waals surface area contributed by atoms with E-state index in [9.17, 15) is 16.4 Å². The van der Waals surface area contributed by atoms with Crippen molar-refractivity contribution >= 4 is 137 Å². The number of nitrogens with zero attached hydrogens (tertiary/aromatic N) is 3. The molecule has 0 unspecified atom stereocenters. The van der Waals surface area contributed by atoms with Crippen LogP contribution in [0, 0.1) is 0 Å². The smallest absolute Gasteiger partial charge is 0.252 e. The van der Waals surface area contributed by atoms with Crippen LogP contribution in [0.1, 0.15) is 44.2 Å². The summed E-state index contributed by atoms with van der Waals surface area (Å²) in [5.74, 6) is 0. The number of anilines is 6. The molecule has 3 heterocycles. The number of benzene rings is 20. The minimum atomic E-state index is -3.69. The van der Waals surface area contributed by atoms with E-state index < -0.39 is 107 Å².